The largest absolute Gasteiger partial charge is 0.453 e. The van der Waals surface area contributed by atoms with Gasteiger partial charge < -0.3 is 15.0 Å². The van der Waals surface area contributed by atoms with Crippen LogP contribution >= 0.6 is 0 Å². The van der Waals surface area contributed by atoms with Gasteiger partial charge in [0.15, 0.2) is 0 Å². The Morgan fingerprint density at radius 1 is 1.23 bits per heavy atom. The minimum atomic E-state index is -0.358. The zero-order chi connectivity index (χ0) is 18.5. The number of ether oxygens (including phenoxy) is 1. The summed E-state index contributed by atoms with van der Waals surface area (Å²) < 4.78 is 4.77. The van der Waals surface area contributed by atoms with Gasteiger partial charge in [-0.05, 0) is 36.5 Å². The average Bonchev–Trinajstić information content (AvgIpc) is 2.67. The fourth-order valence-electron chi connectivity index (χ4n) is 3.14. The number of nitrogens with zero attached hydrogens (tertiary/aromatic N) is 2. The summed E-state index contributed by atoms with van der Waals surface area (Å²) in [4.78, 5) is 30.1. The molecule has 6 nitrogen and oxygen atoms in total. The number of aromatic nitrogens is 1. The molecule has 0 radical (unpaired) electrons. The Labute approximate surface area is 153 Å². The molecule has 0 spiro atoms. The second-order valence-electron chi connectivity index (χ2n) is 6.46. The van der Waals surface area contributed by atoms with Crippen molar-refractivity contribution in [2.24, 2.45) is 0 Å². The molecule has 6 heteroatoms. The molecule has 1 N–H and O–H groups in total. The average molecular weight is 353 g/mol. The molecule has 0 aliphatic carbocycles. The Bertz CT molecular complexity index is 802. The lowest BCUT2D eigenvalue weighted by molar-refractivity contribution is 0.0951. The lowest BCUT2D eigenvalue weighted by Gasteiger charge is -2.28. The van der Waals surface area contributed by atoms with Crippen LogP contribution < -0.4 is 5.32 Å². The lowest BCUT2D eigenvalue weighted by Crippen LogP contribution is -2.37. The molecule has 2 heterocycles. The zero-order valence-electron chi connectivity index (χ0n) is 15.1. The van der Waals surface area contributed by atoms with Crippen molar-refractivity contribution in [3.8, 4) is 0 Å². The highest BCUT2D eigenvalue weighted by Gasteiger charge is 2.25. The van der Waals surface area contributed by atoms with Crippen molar-refractivity contribution in [2.45, 2.75) is 26.3 Å². The van der Waals surface area contributed by atoms with Crippen LogP contribution in [-0.2, 0) is 24.1 Å². The van der Waals surface area contributed by atoms with E-state index in [0.29, 0.717) is 31.6 Å². The maximum Gasteiger partial charge on any atom is 0.409 e. The summed E-state index contributed by atoms with van der Waals surface area (Å²) in [6, 6.07) is 8.30. The van der Waals surface area contributed by atoms with Gasteiger partial charge in [-0.25, -0.2) is 4.79 Å². The minimum Gasteiger partial charge on any atom is -0.453 e. The number of rotatable bonds is 4. The van der Waals surface area contributed by atoms with E-state index in [9.17, 15) is 9.59 Å². The van der Waals surface area contributed by atoms with Gasteiger partial charge in [0.2, 0.25) is 0 Å². The minimum absolute atomic E-state index is 0.118. The molecule has 3 rings (SSSR count). The molecule has 1 aromatic heterocycles. The third kappa shape index (κ3) is 4.02. The van der Waals surface area contributed by atoms with Crippen molar-refractivity contribution < 1.29 is 14.3 Å². The third-order valence-electron chi connectivity index (χ3n) is 4.64. The number of amides is 2. The third-order valence-corrected chi connectivity index (χ3v) is 4.64. The van der Waals surface area contributed by atoms with E-state index in [1.807, 2.05) is 0 Å². The first-order valence-electron chi connectivity index (χ1n) is 8.71. The summed E-state index contributed by atoms with van der Waals surface area (Å²) in [6.45, 7) is 3.57. The molecular weight excluding hydrogens is 330 g/mol. The van der Waals surface area contributed by atoms with E-state index in [2.05, 4.69) is 41.5 Å². The van der Waals surface area contributed by atoms with Crippen LogP contribution in [0.3, 0.4) is 0 Å². The highest BCUT2D eigenvalue weighted by Crippen LogP contribution is 2.22. The van der Waals surface area contributed by atoms with Gasteiger partial charge in [-0.1, -0.05) is 29.8 Å². The van der Waals surface area contributed by atoms with Crippen molar-refractivity contribution >= 4 is 12.0 Å². The van der Waals surface area contributed by atoms with E-state index in [1.54, 1.807) is 17.3 Å². The van der Waals surface area contributed by atoms with E-state index >= 15 is 0 Å². The maximum absolute atomic E-state index is 12.6. The molecule has 1 aliphatic rings. The van der Waals surface area contributed by atoms with Crippen LogP contribution in [0.4, 0.5) is 4.79 Å². The molecule has 0 bridgehead atoms. The number of hydrogen-bond acceptors (Lipinski definition) is 4. The summed E-state index contributed by atoms with van der Waals surface area (Å²) in [7, 11) is 1.37. The molecule has 0 saturated carbocycles. The Kier molecular flexibility index (Phi) is 5.51. The van der Waals surface area contributed by atoms with Crippen LogP contribution in [0.25, 0.3) is 0 Å². The van der Waals surface area contributed by atoms with E-state index in [-0.39, 0.29) is 12.0 Å². The summed E-state index contributed by atoms with van der Waals surface area (Å²) >= 11 is 0. The first-order chi connectivity index (χ1) is 12.6. The van der Waals surface area contributed by atoms with E-state index < -0.39 is 0 Å². The molecule has 0 atom stereocenters. The SMILES string of the molecule is COC(=O)N1CCc2c(cncc2C(=O)NCCc2ccc(C)cc2)C1. The number of methoxy groups -OCH3 is 1. The molecule has 0 saturated heterocycles. The topological polar surface area (TPSA) is 71.5 Å². The lowest BCUT2D eigenvalue weighted by atomic mass is 9.97. The number of carbonyl (C=O) groups is 2. The molecular formula is C20H23N3O3. The Hall–Kier alpha value is -2.89. The highest BCUT2D eigenvalue weighted by molar-refractivity contribution is 5.95. The predicted molar refractivity (Wildman–Crippen MR) is 98.0 cm³/mol. The quantitative estimate of drug-likeness (QED) is 0.917. The summed E-state index contributed by atoms with van der Waals surface area (Å²) in [5.41, 5.74) is 4.87. The predicted octanol–water partition coefficient (Wildman–Crippen LogP) is 2.49. The van der Waals surface area contributed by atoms with E-state index in [1.165, 1.54) is 18.2 Å². The van der Waals surface area contributed by atoms with Gasteiger partial charge in [0.05, 0.1) is 19.2 Å². The van der Waals surface area contributed by atoms with Gasteiger partial charge in [-0.3, -0.25) is 9.78 Å². The van der Waals surface area contributed by atoms with Gasteiger partial charge in [-0.15, -0.1) is 0 Å². The number of nitrogens with one attached hydrogen (secondary N) is 1. The second-order valence-corrected chi connectivity index (χ2v) is 6.46. The first kappa shape index (κ1) is 17.9. The number of pyridine rings is 1. The molecule has 26 heavy (non-hydrogen) atoms. The van der Waals surface area contributed by atoms with Crippen LogP contribution in [0.5, 0.6) is 0 Å². The van der Waals surface area contributed by atoms with E-state index in [0.717, 1.165) is 17.5 Å². The molecule has 0 unspecified atom stereocenters. The molecule has 2 aromatic rings. The van der Waals surface area contributed by atoms with Crippen LogP contribution in [0.1, 0.15) is 32.6 Å². The number of benzene rings is 1. The summed E-state index contributed by atoms with van der Waals surface area (Å²) in [6.07, 6.45) is 4.36. The first-order valence-corrected chi connectivity index (χ1v) is 8.71. The number of hydrogen-bond donors (Lipinski definition) is 1. The molecule has 0 fully saturated rings. The Morgan fingerprint density at radius 2 is 2.00 bits per heavy atom. The van der Waals surface area contributed by atoms with E-state index in [4.69, 9.17) is 4.74 Å². The summed E-state index contributed by atoms with van der Waals surface area (Å²) in [5.74, 6) is -0.118. The fourth-order valence-corrected chi connectivity index (χ4v) is 3.14. The normalized spacial score (nSPS) is 13.1. The van der Waals surface area contributed by atoms with Crippen molar-refractivity contribution in [3.05, 3.63) is 64.5 Å². The fraction of sp³-hybridized carbons (Fsp3) is 0.350. The van der Waals surface area contributed by atoms with Crippen LogP contribution in [0.2, 0.25) is 0 Å². The van der Waals surface area contributed by atoms with Gasteiger partial charge in [0, 0.05) is 25.5 Å². The zero-order valence-corrected chi connectivity index (χ0v) is 15.1. The number of aryl methyl sites for hydroxylation is 1. The standard InChI is InChI=1S/C20H23N3O3/c1-14-3-5-15(6-4-14)7-9-22-19(24)18-12-21-11-16-13-23(20(25)26-2)10-8-17(16)18/h3-6,11-12H,7-10,13H2,1-2H3,(H,22,24). The Morgan fingerprint density at radius 3 is 2.73 bits per heavy atom. The van der Waals surface area contributed by atoms with Gasteiger partial charge >= 0.3 is 6.09 Å². The van der Waals surface area contributed by atoms with Gasteiger partial charge in [0.1, 0.15) is 0 Å². The molecule has 1 aromatic carbocycles. The van der Waals surface area contributed by atoms with Crippen molar-refractivity contribution in [1.82, 2.24) is 15.2 Å². The number of carbonyl (C=O) groups excluding carboxylic acids is 2. The highest BCUT2D eigenvalue weighted by atomic mass is 16.5. The van der Waals surface area contributed by atoms with Crippen molar-refractivity contribution in [3.63, 3.8) is 0 Å². The number of fused-ring (bicyclic) bond motifs is 1. The smallest absolute Gasteiger partial charge is 0.409 e. The monoisotopic (exact) mass is 353 g/mol. The maximum atomic E-state index is 12.6. The van der Waals surface area contributed by atoms with Gasteiger partial charge in [-0.2, -0.15) is 0 Å². The van der Waals surface area contributed by atoms with Crippen molar-refractivity contribution in [2.75, 3.05) is 20.2 Å². The molecule has 136 valence electrons. The molecule has 1 aliphatic heterocycles. The van der Waals surface area contributed by atoms with Crippen LogP contribution in [0, 0.1) is 6.92 Å². The van der Waals surface area contributed by atoms with Crippen LogP contribution in [-0.4, -0.2) is 42.1 Å². The van der Waals surface area contributed by atoms with Crippen LogP contribution in [0.15, 0.2) is 36.7 Å². The molecule has 2 amide bonds. The van der Waals surface area contributed by atoms with Gasteiger partial charge in [0.25, 0.3) is 5.91 Å². The summed E-state index contributed by atoms with van der Waals surface area (Å²) in [5, 5.41) is 2.97. The second kappa shape index (κ2) is 7.99. The van der Waals surface area contributed by atoms with Crippen molar-refractivity contribution in [1.29, 1.82) is 0 Å². The Balaban J connectivity index is 1.63.